The van der Waals surface area contributed by atoms with E-state index >= 15 is 0 Å². The first-order chi connectivity index (χ1) is 14.1. The van der Waals surface area contributed by atoms with Crippen LogP contribution in [0.3, 0.4) is 0 Å². The third kappa shape index (κ3) is 5.15. The lowest BCUT2D eigenvalue weighted by Crippen LogP contribution is -2.51. The maximum absolute atomic E-state index is 12.5. The van der Waals surface area contributed by atoms with Crippen LogP contribution in [0.1, 0.15) is 18.4 Å². The second kappa shape index (κ2) is 8.66. The number of fused-ring (bicyclic) bond motifs is 1. The lowest BCUT2D eigenvalue weighted by molar-refractivity contribution is -0.128. The number of carbonyl (C=O) groups is 2. The van der Waals surface area contributed by atoms with Crippen LogP contribution in [0.4, 0.5) is 0 Å². The molecule has 1 saturated carbocycles. The minimum Gasteiger partial charge on any atom is -0.497 e. The molecule has 6 heteroatoms. The molecular weight excluding hydrogens is 366 g/mol. The predicted octanol–water partition coefficient (Wildman–Crippen LogP) is 2.28. The summed E-state index contributed by atoms with van der Waals surface area (Å²) in [5.41, 5.74) is 0.992. The first-order valence-corrected chi connectivity index (χ1v) is 10.2. The third-order valence-electron chi connectivity index (χ3n) is 5.48. The van der Waals surface area contributed by atoms with Gasteiger partial charge in [-0.3, -0.25) is 14.5 Å². The van der Waals surface area contributed by atoms with E-state index in [2.05, 4.69) is 16.3 Å². The molecule has 6 nitrogen and oxygen atoms in total. The summed E-state index contributed by atoms with van der Waals surface area (Å²) in [5.74, 6) is 0.947. The van der Waals surface area contributed by atoms with Crippen LogP contribution in [-0.4, -0.2) is 67.5 Å². The van der Waals surface area contributed by atoms with Crippen LogP contribution in [0, 0.1) is 0 Å². The minimum atomic E-state index is 0.0157. The van der Waals surface area contributed by atoms with Gasteiger partial charge in [-0.15, -0.1) is 0 Å². The van der Waals surface area contributed by atoms with Crippen LogP contribution >= 0.6 is 0 Å². The zero-order valence-electron chi connectivity index (χ0n) is 16.8. The zero-order chi connectivity index (χ0) is 20.2. The molecule has 2 aromatic rings. The van der Waals surface area contributed by atoms with Gasteiger partial charge in [0, 0.05) is 38.3 Å². The number of hydrogen-bond donors (Lipinski definition) is 1. The molecule has 0 aromatic heterocycles. The molecule has 2 amide bonds. The van der Waals surface area contributed by atoms with Crippen molar-refractivity contribution in [1.82, 2.24) is 15.1 Å². The van der Waals surface area contributed by atoms with E-state index in [4.69, 9.17) is 4.74 Å². The predicted molar refractivity (Wildman–Crippen MR) is 114 cm³/mol. The Kier molecular flexibility index (Phi) is 5.81. The average Bonchev–Trinajstić information content (AvgIpc) is 3.55. The number of nitrogens with zero attached hydrogens (tertiary/aromatic N) is 2. The molecule has 0 atom stereocenters. The van der Waals surface area contributed by atoms with Crippen LogP contribution in [0.5, 0.6) is 5.75 Å². The number of nitrogens with one attached hydrogen (secondary N) is 1. The Hall–Kier alpha value is -2.86. The van der Waals surface area contributed by atoms with Crippen molar-refractivity contribution < 1.29 is 14.3 Å². The highest BCUT2D eigenvalue weighted by Gasteiger charge is 2.25. The molecule has 1 aliphatic heterocycles. The van der Waals surface area contributed by atoms with Gasteiger partial charge in [0.05, 0.1) is 13.7 Å². The molecule has 1 aliphatic carbocycles. The van der Waals surface area contributed by atoms with E-state index < -0.39 is 0 Å². The summed E-state index contributed by atoms with van der Waals surface area (Å²) in [6.45, 7) is 3.19. The summed E-state index contributed by atoms with van der Waals surface area (Å²) in [6, 6.07) is 12.5. The van der Waals surface area contributed by atoms with Crippen LogP contribution in [0.15, 0.2) is 42.5 Å². The van der Waals surface area contributed by atoms with Crippen molar-refractivity contribution in [3.8, 4) is 5.75 Å². The molecule has 4 rings (SSSR count). The first kappa shape index (κ1) is 19.5. The van der Waals surface area contributed by atoms with Gasteiger partial charge in [-0.05, 0) is 53.5 Å². The summed E-state index contributed by atoms with van der Waals surface area (Å²) in [6.07, 6.45) is 5.71. The van der Waals surface area contributed by atoms with Gasteiger partial charge in [0.2, 0.25) is 11.8 Å². The van der Waals surface area contributed by atoms with Crippen LogP contribution in [0.2, 0.25) is 0 Å². The molecule has 1 N–H and O–H groups in total. The largest absolute Gasteiger partial charge is 0.497 e. The summed E-state index contributed by atoms with van der Waals surface area (Å²) in [7, 11) is 1.66. The van der Waals surface area contributed by atoms with E-state index in [1.54, 1.807) is 13.2 Å². The fraction of sp³-hybridized carbons (Fsp3) is 0.391. The molecule has 152 valence electrons. The lowest BCUT2D eigenvalue weighted by Gasteiger charge is -2.33. The molecule has 29 heavy (non-hydrogen) atoms. The number of methoxy groups -OCH3 is 1. The number of rotatable bonds is 6. The highest BCUT2D eigenvalue weighted by Crippen LogP contribution is 2.22. The number of amides is 2. The number of carbonyl (C=O) groups excluding carboxylic acids is 2. The van der Waals surface area contributed by atoms with Crippen LogP contribution in [0.25, 0.3) is 16.8 Å². The molecule has 1 heterocycles. The number of hydrogen-bond acceptors (Lipinski definition) is 4. The van der Waals surface area contributed by atoms with E-state index in [0.29, 0.717) is 25.7 Å². The maximum atomic E-state index is 12.5. The average molecular weight is 393 g/mol. The van der Waals surface area contributed by atoms with Gasteiger partial charge >= 0.3 is 0 Å². The van der Waals surface area contributed by atoms with Crippen LogP contribution in [-0.2, 0) is 9.59 Å². The lowest BCUT2D eigenvalue weighted by atomic mass is 10.1. The summed E-state index contributed by atoms with van der Waals surface area (Å²) < 4.78 is 5.26. The standard InChI is InChI=1S/C23H27N3O3/c1-29-21-8-5-18-14-17(2-4-19(18)15-21)3-9-23(28)26-12-10-25(11-13-26)16-22(27)24-20-6-7-20/h2-5,8-9,14-15,20H,6-7,10-13,16H2,1H3,(H,24,27). The number of ether oxygens (including phenoxy) is 1. The van der Waals surface area contributed by atoms with Crippen LogP contribution < -0.4 is 10.1 Å². The Bertz CT molecular complexity index is 928. The van der Waals surface area contributed by atoms with Gasteiger partial charge in [0.25, 0.3) is 0 Å². The third-order valence-corrected chi connectivity index (χ3v) is 5.48. The van der Waals surface area contributed by atoms with Crippen molar-refractivity contribution in [2.75, 3.05) is 39.8 Å². The number of benzene rings is 2. The fourth-order valence-corrected chi connectivity index (χ4v) is 3.58. The second-order valence-corrected chi connectivity index (χ2v) is 7.75. The molecule has 2 fully saturated rings. The fourth-order valence-electron chi connectivity index (χ4n) is 3.58. The highest BCUT2D eigenvalue weighted by atomic mass is 16.5. The SMILES string of the molecule is COc1ccc2cc(C=CC(=O)N3CCN(CC(=O)NC4CC4)CC3)ccc2c1. The van der Waals surface area contributed by atoms with Crippen molar-refractivity contribution in [3.63, 3.8) is 0 Å². The molecule has 0 bridgehead atoms. The quantitative estimate of drug-likeness (QED) is 0.765. The normalized spacial score (nSPS) is 17.6. The Balaban J connectivity index is 1.29. The van der Waals surface area contributed by atoms with Crippen molar-refractivity contribution in [3.05, 3.63) is 48.0 Å². The summed E-state index contributed by atoms with van der Waals surface area (Å²) in [5, 5.41) is 5.23. The van der Waals surface area contributed by atoms with E-state index in [1.807, 2.05) is 41.3 Å². The Labute approximate surface area is 171 Å². The summed E-state index contributed by atoms with van der Waals surface area (Å²) >= 11 is 0. The van der Waals surface area contributed by atoms with Crippen molar-refractivity contribution in [2.45, 2.75) is 18.9 Å². The Morgan fingerprint density at radius 1 is 1.07 bits per heavy atom. The molecular formula is C23H27N3O3. The highest BCUT2D eigenvalue weighted by molar-refractivity contribution is 5.93. The molecule has 1 saturated heterocycles. The van der Waals surface area contributed by atoms with Crippen molar-refractivity contribution in [1.29, 1.82) is 0 Å². The van der Waals surface area contributed by atoms with E-state index in [-0.39, 0.29) is 11.8 Å². The maximum Gasteiger partial charge on any atom is 0.246 e. The van der Waals surface area contributed by atoms with Gasteiger partial charge in [-0.1, -0.05) is 18.2 Å². The van der Waals surface area contributed by atoms with Crippen molar-refractivity contribution in [2.24, 2.45) is 0 Å². The van der Waals surface area contributed by atoms with Gasteiger partial charge in [0.15, 0.2) is 0 Å². The van der Waals surface area contributed by atoms with E-state index in [0.717, 1.165) is 48.0 Å². The van der Waals surface area contributed by atoms with Gasteiger partial charge in [-0.2, -0.15) is 0 Å². The number of piperazine rings is 1. The minimum absolute atomic E-state index is 0.0157. The van der Waals surface area contributed by atoms with Gasteiger partial charge in [-0.25, -0.2) is 0 Å². The summed E-state index contributed by atoms with van der Waals surface area (Å²) in [4.78, 5) is 28.4. The monoisotopic (exact) mass is 393 g/mol. The topological polar surface area (TPSA) is 61.9 Å². The van der Waals surface area contributed by atoms with Gasteiger partial charge in [0.1, 0.15) is 5.75 Å². The van der Waals surface area contributed by atoms with Gasteiger partial charge < -0.3 is 15.0 Å². The Morgan fingerprint density at radius 3 is 2.52 bits per heavy atom. The van der Waals surface area contributed by atoms with E-state index in [1.165, 1.54) is 0 Å². The molecule has 2 aromatic carbocycles. The zero-order valence-corrected chi connectivity index (χ0v) is 16.8. The molecule has 0 radical (unpaired) electrons. The smallest absolute Gasteiger partial charge is 0.246 e. The molecule has 0 unspecified atom stereocenters. The van der Waals surface area contributed by atoms with E-state index in [9.17, 15) is 9.59 Å². The first-order valence-electron chi connectivity index (χ1n) is 10.2. The second-order valence-electron chi connectivity index (χ2n) is 7.75. The Morgan fingerprint density at radius 2 is 1.79 bits per heavy atom. The molecule has 0 spiro atoms. The van der Waals surface area contributed by atoms with Crippen molar-refractivity contribution >= 4 is 28.7 Å². The molecule has 2 aliphatic rings.